The van der Waals surface area contributed by atoms with E-state index >= 15 is 0 Å². The lowest BCUT2D eigenvalue weighted by Gasteiger charge is -2.53. The quantitative estimate of drug-likeness (QED) is 0.710. The Morgan fingerprint density at radius 2 is 2.04 bits per heavy atom. The molecule has 6 nitrogen and oxygen atoms in total. The minimum absolute atomic E-state index is 0.0944. The molecule has 5 unspecified atom stereocenters. The van der Waals surface area contributed by atoms with Crippen molar-refractivity contribution in [3.63, 3.8) is 0 Å². The molecule has 0 radical (unpaired) electrons. The molecule has 0 amide bonds. The van der Waals surface area contributed by atoms with Crippen molar-refractivity contribution in [1.29, 1.82) is 0 Å². The number of carbonyl (C=O) groups excluding carboxylic acids is 2. The van der Waals surface area contributed by atoms with E-state index in [9.17, 15) is 14.2 Å². The predicted octanol–water partition coefficient (Wildman–Crippen LogP) is 3.20. The molecule has 0 heterocycles. The number of allylic oxidation sites excluding steroid dienone is 4. The number of hydrogen-bond acceptors (Lipinski definition) is 4. The summed E-state index contributed by atoms with van der Waals surface area (Å²) in [6.45, 7) is 1.68. The zero-order valence-electron chi connectivity index (χ0n) is 15.5. The molecule has 4 rings (SSSR count). The van der Waals surface area contributed by atoms with Crippen LogP contribution in [-0.2, 0) is 18.7 Å². The largest absolute Gasteiger partial charge is 0.470 e. The van der Waals surface area contributed by atoms with E-state index in [-0.39, 0.29) is 22.9 Å². The maximum Gasteiger partial charge on any atom is 0.470 e. The molecule has 27 heavy (non-hydrogen) atoms. The van der Waals surface area contributed by atoms with Gasteiger partial charge in [0.2, 0.25) is 0 Å². The van der Waals surface area contributed by atoms with E-state index in [0.717, 1.165) is 38.5 Å². The highest BCUT2D eigenvalue weighted by Crippen LogP contribution is 2.63. The molecule has 3 saturated carbocycles. The van der Waals surface area contributed by atoms with Crippen molar-refractivity contribution in [3.05, 3.63) is 23.8 Å². The van der Waals surface area contributed by atoms with Crippen molar-refractivity contribution < 1.29 is 28.5 Å². The number of rotatable bonds is 4. The average Bonchev–Trinajstić information content (AvgIpc) is 2.96. The van der Waals surface area contributed by atoms with Gasteiger partial charge >= 0.3 is 7.82 Å². The lowest BCUT2D eigenvalue weighted by atomic mass is 9.51. The van der Waals surface area contributed by atoms with Crippen LogP contribution in [-0.4, -0.2) is 28.0 Å². The first-order valence-corrected chi connectivity index (χ1v) is 11.4. The molecule has 0 aromatic heterocycles. The summed E-state index contributed by atoms with van der Waals surface area (Å²) in [4.78, 5) is 42.1. The third-order valence-electron chi connectivity index (χ3n) is 7.71. The van der Waals surface area contributed by atoms with Gasteiger partial charge in [-0.2, -0.15) is 0 Å². The third-order valence-corrected chi connectivity index (χ3v) is 8.17. The number of carbonyl (C=O) groups is 2. The highest BCUT2D eigenvalue weighted by atomic mass is 31.2. The number of fused-ring (bicyclic) bond motifs is 5. The van der Waals surface area contributed by atoms with E-state index in [1.807, 2.05) is 6.08 Å². The standard InChI is InChI=1S/C20H27O6P/c1-20-9-8-15-14-5-3-13(21)10-12(14)2-4-16(15)17(20)6-7-18(20)19(22)11-26-27(23,24)25/h3,5,10,14-18H,2,4,6-9,11H2,1H3,(H2,23,24,25)/t14?,15?,16?,17?,18-,20?/m1/s1. The fourth-order valence-corrected chi connectivity index (χ4v) is 6.89. The molecule has 3 fully saturated rings. The van der Waals surface area contributed by atoms with Crippen LogP contribution in [0.4, 0.5) is 0 Å². The Kier molecular flexibility index (Phi) is 4.83. The van der Waals surface area contributed by atoms with Gasteiger partial charge in [0.05, 0.1) is 0 Å². The summed E-state index contributed by atoms with van der Waals surface area (Å²) < 4.78 is 15.4. The highest BCUT2D eigenvalue weighted by Gasteiger charge is 2.57. The number of hydrogen-bond donors (Lipinski definition) is 2. The third kappa shape index (κ3) is 3.42. The fraction of sp³-hybridized carbons (Fsp3) is 0.700. The van der Waals surface area contributed by atoms with Gasteiger partial charge in [0.15, 0.2) is 11.6 Å². The van der Waals surface area contributed by atoms with E-state index in [4.69, 9.17) is 9.79 Å². The summed E-state index contributed by atoms with van der Waals surface area (Å²) in [7, 11) is -4.63. The van der Waals surface area contributed by atoms with E-state index in [2.05, 4.69) is 17.5 Å². The topological polar surface area (TPSA) is 101 Å². The average molecular weight is 394 g/mol. The molecular weight excluding hydrogens is 367 g/mol. The normalized spacial score (nSPS) is 40.8. The molecule has 0 bridgehead atoms. The van der Waals surface area contributed by atoms with Crippen LogP contribution in [0, 0.1) is 35.0 Å². The summed E-state index contributed by atoms with van der Waals surface area (Å²) in [5.41, 5.74) is 1.15. The SMILES string of the molecule is CC12CCC3C4C=CC(=O)C=C4CCC3C1CC[C@@H]2C(=O)COP(=O)(O)O. The van der Waals surface area contributed by atoms with Gasteiger partial charge in [0.1, 0.15) is 6.61 Å². The molecule has 0 aromatic carbocycles. The van der Waals surface area contributed by atoms with Crippen LogP contribution in [0.5, 0.6) is 0 Å². The summed E-state index contributed by atoms with van der Waals surface area (Å²) in [6, 6.07) is 0. The van der Waals surface area contributed by atoms with Gasteiger partial charge in [-0.15, -0.1) is 0 Å². The summed E-state index contributed by atoms with van der Waals surface area (Å²) in [5, 5.41) is 0. The monoisotopic (exact) mass is 394 g/mol. The van der Waals surface area contributed by atoms with Gasteiger partial charge in [-0.1, -0.05) is 18.6 Å². The van der Waals surface area contributed by atoms with Crippen molar-refractivity contribution in [2.24, 2.45) is 35.0 Å². The van der Waals surface area contributed by atoms with E-state index < -0.39 is 14.4 Å². The van der Waals surface area contributed by atoms with Crippen LogP contribution in [0.3, 0.4) is 0 Å². The van der Waals surface area contributed by atoms with Crippen LogP contribution < -0.4 is 0 Å². The van der Waals surface area contributed by atoms with E-state index in [0.29, 0.717) is 23.7 Å². The Labute approximate surface area is 159 Å². The number of phosphoric acid groups is 1. The van der Waals surface area contributed by atoms with Crippen LogP contribution >= 0.6 is 7.82 Å². The molecule has 148 valence electrons. The van der Waals surface area contributed by atoms with Crippen molar-refractivity contribution in [2.45, 2.75) is 45.4 Å². The fourth-order valence-electron chi connectivity index (χ4n) is 6.59. The molecule has 6 atom stereocenters. The zero-order valence-corrected chi connectivity index (χ0v) is 16.4. The van der Waals surface area contributed by atoms with Crippen LogP contribution in [0.15, 0.2) is 23.8 Å². The zero-order chi connectivity index (χ0) is 19.4. The molecule has 0 spiro atoms. The molecular formula is C20H27O6P. The first-order chi connectivity index (χ1) is 12.7. The second kappa shape index (κ2) is 6.77. The minimum atomic E-state index is -4.63. The summed E-state index contributed by atoms with van der Waals surface area (Å²) in [6.07, 6.45) is 11.3. The molecule has 7 heteroatoms. The van der Waals surface area contributed by atoms with Gasteiger partial charge < -0.3 is 9.79 Å². The second-order valence-electron chi connectivity index (χ2n) is 8.88. The van der Waals surface area contributed by atoms with Gasteiger partial charge in [0, 0.05) is 11.8 Å². The number of phosphoric ester groups is 1. The van der Waals surface area contributed by atoms with Gasteiger partial charge in [0.25, 0.3) is 0 Å². The molecule has 0 aliphatic heterocycles. The Morgan fingerprint density at radius 3 is 2.78 bits per heavy atom. The van der Waals surface area contributed by atoms with Crippen LogP contribution in [0.2, 0.25) is 0 Å². The Bertz CT molecular complexity index is 764. The van der Waals surface area contributed by atoms with E-state index in [1.165, 1.54) is 5.57 Å². The summed E-state index contributed by atoms with van der Waals surface area (Å²) in [5.74, 6) is 1.62. The van der Waals surface area contributed by atoms with Gasteiger partial charge in [-0.25, -0.2) is 4.57 Å². The van der Waals surface area contributed by atoms with Crippen molar-refractivity contribution >= 4 is 19.4 Å². The molecule has 2 N–H and O–H groups in total. The first kappa shape index (κ1) is 19.3. The lowest BCUT2D eigenvalue weighted by molar-refractivity contribution is -0.131. The number of ketones is 2. The maximum atomic E-state index is 12.7. The molecule has 4 aliphatic rings. The van der Waals surface area contributed by atoms with Crippen LogP contribution in [0.25, 0.3) is 0 Å². The minimum Gasteiger partial charge on any atom is -0.303 e. The van der Waals surface area contributed by atoms with Crippen molar-refractivity contribution in [1.82, 2.24) is 0 Å². The predicted molar refractivity (Wildman–Crippen MR) is 98.5 cm³/mol. The lowest BCUT2D eigenvalue weighted by Crippen LogP contribution is -2.47. The number of Topliss-reactive ketones (excluding diaryl/α,β-unsaturated/α-hetero) is 1. The Morgan fingerprint density at radius 1 is 1.26 bits per heavy atom. The van der Waals surface area contributed by atoms with Gasteiger partial charge in [-0.3, -0.25) is 14.1 Å². The van der Waals surface area contributed by atoms with Crippen molar-refractivity contribution in [3.8, 4) is 0 Å². The maximum absolute atomic E-state index is 12.7. The first-order valence-electron chi connectivity index (χ1n) is 9.84. The molecule has 0 saturated heterocycles. The Balaban J connectivity index is 1.51. The van der Waals surface area contributed by atoms with E-state index in [1.54, 1.807) is 6.08 Å². The van der Waals surface area contributed by atoms with Crippen LogP contribution in [0.1, 0.15) is 45.4 Å². The summed E-state index contributed by atoms with van der Waals surface area (Å²) >= 11 is 0. The Hall–Kier alpha value is -1.07. The molecule has 0 aromatic rings. The molecule has 4 aliphatic carbocycles. The van der Waals surface area contributed by atoms with Gasteiger partial charge in [-0.05, 0) is 73.8 Å². The smallest absolute Gasteiger partial charge is 0.303 e. The second-order valence-corrected chi connectivity index (χ2v) is 10.1. The van der Waals surface area contributed by atoms with Crippen molar-refractivity contribution in [2.75, 3.05) is 6.61 Å². The highest BCUT2D eigenvalue weighted by molar-refractivity contribution is 7.46.